The quantitative estimate of drug-likeness (QED) is 0.229. The van der Waals surface area contributed by atoms with Crippen molar-refractivity contribution in [3.8, 4) is 28.7 Å². The van der Waals surface area contributed by atoms with Crippen molar-refractivity contribution in [3.63, 3.8) is 0 Å². The summed E-state index contributed by atoms with van der Waals surface area (Å²) in [5, 5.41) is 12.8. The van der Waals surface area contributed by atoms with Gasteiger partial charge in [-0.15, -0.1) is 11.3 Å². The highest BCUT2D eigenvalue weighted by Crippen LogP contribution is 2.29. The maximum atomic E-state index is 11.8. The summed E-state index contributed by atoms with van der Waals surface area (Å²) in [6.07, 6.45) is 1.67. The standard InChI is InChI=1S/C25H17ClN2O3S/c1-2-30-25(29)18-5-3-17(4-6-18)23-12-11-21(31-23)13-19(14-27)24-28-22(15-32-24)16-7-9-20(26)10-8-16/h3-13,15H,2H2,1H3. The zero-order valence-corrected chi connectivity index (χ0v) is 18.6. The third kappa shape index (κ3) is 4.80. The van der Waals surface area contributed by atoms with Crippen LogP contribution in [0.4, 0.5) is 0 Å². The SMILES string of the molecule is CCOC(=O)c1ccc(-c2ccc(C=C(C#N)c3nc(-c4ccc(Cl)cc4)cs3)o2)cc1. The van der Waals surface area contributed by atoms with Gasteiger partial charge in [0.05, 0.1) is 23.4 Å². The molecule has 0 bridgehead atoms. The van der Waals surface area contributed by atoms with Crippen LogP contribution in [0.25, 0.3) is 34.2 Å². The maximum Gasteiger partial charge on any atom is 0.338 e. The number of benzene rings is 2. The molecule has 0 atom stereocenters. The molecule has 2 aromatic carbocycles. The number of aromatic nitrogens is 1. The van der Waals surface area contributed by atoms with Gasteiger partial charge in [0.2, 0.25) is 0 Å². The number of ether oxygens (including phenoxy) is 1. The first kappa shape index (κ1) is 21.6. The minimum Gasteiger partial charge on any atom is -0.462 e. The van der Waals surface area contributed by atoms with Gasteiger partial charge in [0.25, 0.3) is 0 Å². The molecular weight excluding hydrogens is 444 g/mol. The third-order valence-electron chi connectivity index (χ3n) is 4.59. The van der Waals surface area contributed by atoms with Crippen molar-refractivity contribution in [1.29, 1.82) is 5.26 Å². The van der Waals surface area contributed by atoms with E-state index >= 15 is 0 Å². The first-order chi connectivity index (χ1) is 15.6. The number of hydrogen-bond donors (Lipinski definition) is 0. The van der Waals surface area contributed by atoms with Gasteiger partial charge in [-0.05, 0) is 43.3 Å². The Bertz CT molecular complexity index is 1310. The van der Waals surface area contributed by atoms with E-state index in [1.807, 2.05) is 23.6 Å². The van der Waals surface area contributed by atoms with Crippen LogP contribution in [-0.4, -0.2) is 17.6 Å². The number of carbonyl (C=O) groups is 1. The van der Waals surface area contributed by atoms with Gasteiger partial charge in [0, 0.05) is 27.6 Å². The Hall–Kier alpha value is -3.66. The lowest BCUT2D eigenvalue weighted by molar-refractivity contribution is 0.0526. The minimum absolute atomic E-state index is 0.329. The van der Waals surface area contributed by atoms with Crippen LogP contribution in [0.5, 0.6) is 0 Å². The Morgan fingerprint density at radius 2 is 1.84 bits per heavy atom. The average molecular weight is 461 g/mol. The van der Waals surface area contributed by atoms with Gasteiger partial charge >= 0.3 is 5.97 Å². The molecule has 0 radical (unpaired) electrons. The molecule has 4 rings (SSSR count). The van der Waals surface area contributed by atoms with Crippen molar-refractivity contribution in [2.45, 2.75) is 6.92 Å². The van der Waals surface area contributed by atoms with Crippen molar-refractivity contribution in [2.24, 2.45) is 0 Å². The molecule has 0 spiro atoms. The highest BCUT2D eigenvalue weighted by molar-refractivity contribution is 7.11. The molecule has 32 heavy (non-hydrogen) atoms. The molecule has 0 N–H and O–H groups in total. The van der Waals surface area contributed by atoms with Crippen LogP contribution >= 0.6 is 22.9 Å². The van der Waals surface area contributed by atoms with Gasteiger partial charge < -0.3 is 9.15 Å². The Morgan fingerprint density at radius 3 is 2.53 bits per heavy atom. The summed E-state index contributed by atoms with van der Waals surface area (Å²) in [5.41, 5.74) is 3.42. The first-order valence-electron chi connectivity index (χ1n) is 9.78. The highest BCUT2D eigenvalue weighted by Gasteiger charge is 2.12. The zero-order valence-electron chi connectivity index (χ0n) is 17.0. The van der Waals surface area contributed by atoms with Crippen molar-refractivity contribution < 1.29 is 13.9 Å². The van der Waals surface area contributed by atoms with Crippen molar-refractivity contribution in [3.05, 3.63) is 87.4 Å². The summed E-state index contributed by atoms with van der Waals surface area (Å²) in [6, 6.07) is 20.2. The normalized spacial score (nSPS) is 11.2. The molecule has 0 unspecified atom stereocenters. The molecule has 2 aromatic heterocycles. The van der Waals surface area contributed by atoms with E-state index in [1.54, 1.807) is 55.5 Å². The van der Waals surface area contributed by atoms with E-state index in [2.05, 4.69) is 11.1 Å². The molecule has 0 aliphatic rings. The van der Waals surface area contributed by atoms with E-state index in [4.69, 9.17) is 20.8 Å². The van der Waals surface area contributed by atoms with E-state index in [0.717, 1.165) is 16.8 Å². The summed E-state index contributed by atoms with van der Waals surface area (Å²) in [7, 11) is 0. The fourth-order valence-corrected chi connectivity index (χ4v) is 3.93. The van der Waals surface area contributed by atoms with Gasteiger partial charge in [-0.1, -0.05) is 35.9 Å². The number of carbonyl (C=O) groups excluding carboxylic acids is 1. The molecule has 0 saturated heterocycles. The lowest BCUT2D eigenvalue weighted by atomic mass is 10.1. The molecule has 4 aromatic rings. The molecule has 5 nitrogen and oxygen atoms in total. The number of esters is 1. The predicted molar refractivity (Wildman–Crippen MR) is 126 cm³/mol. The molecule has 7 heteroatoms. The van der Waals surface area contributed by atoms with E-state index in [0.29, 0.717) is 39.3 Å². The number of furan rings is 1. The molecule has 158 valence electrons. The largest absolute Gasteiger partial charge is 0.462 e. The van der Waals surface area contributed by atoms with Gasteiger partial charge in [0.15, 0.2) is 0 Å². The second-order valence-electron chi connectivity index (χ2n) is 6.71. The van der Waals surface area contributed by atoms with E-state index in [1.165, 1.54) is 11.3 Å². The lowest BCUT2D eigenvalue weighted by Gasteiger charge is -2.02. The fraction of sp³-hybridized carbons (Fsp3) is 0.0800. The molecule has 0 amide bonds. The second-order valence-corrected chi connectivity index (χ2v) is 8.01. The van der Waals surface area contributed by atoms with Crippen LogP contribution in [0, 0.1) is 11.3 Å². The van der Waals surface area contributed by atoms with Crippen LogP contribution in [-0.2, 0) is 4.74 Å². The van der Waals surface area contributed by atoms with E-state index in [9.17, 15) is 10.1 Å². The zero-order chi connectivity index (χ0) is 22.5. The van der Waals surface area contributed by atoms with E-state index in [-0.39, 0.29) is 5.97 Å². The van der Waals surface area contributed by atoms with Crippen LogP contribution in [0.2, 0.25) is 5.02 Å². The Morgan fingerprint density at radius 1 is 1.12 bits per heavy atom. The summed E-state index contributed by atoms with van der Waals surface area (Å²) >= 11 is 7.34. The lowest BCUT2D eigenvalue weighted by Crippen LogP contribution is -2.03. The number of thiazole rings is 1. The molecule has 0 aliphatic heterocycles. The smallest absolute Gasteiger partial charge is 0.338 e. The Balaban J connectivity index is 1.55. The van der Waals surface area contributed by atoms with Crippen molar-refractivity contribution in [1.82, 2.24) is 4.98 Å². The van der Waals surface area contributed by atoms with Crippen LogP contribution in [0.3, 0.4) is 0 Å². The highest BCUT2D eigenvalue weighted by atomic mass is 35.5. The molecule has 0 aliphatic carbocycles. The maximum absolute atomic E-state index is 11.8. The number of rotatable bonds is 6. The van der Waals surface area contributed by atoms with Crippen molar-refractivity contribution in [2.75, 3.05) is 6.61 Å². The minimum atomic E-state index is -0.359. The molecular formula is C25H17ClN2O3S. The average Bonchev–Trinajstić information content (AvgIpc) is 3.48. The number of allylic oxidation sites excluding steroid dienone is 1. The van der Waals surface area contributed by atoms with Gasteiger partial charge in [0.1, 0.15) is 22.6 Å². The first-order valence-corrected chi connectivity index (χ1v) is 11.0. The number of hydrogen-bond acceptors (Lipinski definition) is 6. The summed E-state index contributed by atoms with van der Waals surface area (Å²) in [4.78, 5) is 16.4. The van der Waals surface area contributed by atoms with Gasteiger partial charge in [-0.3, -0.25) is 0 Å². The number of nitrogens with zero attached hydrogens (tertiary/aromatic N) is 2. The molecule has 2 heterocycles. The van der Waals surface area contributed by atoms with Crippen molar-refractivity contribution >= 4 is 40.6 Å². The Labute approximate surface area is 194 Å². The second kappa shape index (κ2) is 9.65. The summed E-state index contributed by atoms with van der Waals surface area (Å²) in [6.45, 7) is 2.10. The van der Waals surface area contributed by atoms with Crippen LogP contribution in [0.1, 0.15) is 28.0 Å². The van der Waals surface area contributed by atoms with Crippen LogP contribution in [0.15, 0.2) is 70.5 Å². The third-order valence-corrected chi connectivity index (χ3v) is 5.72. The van der Waals surface area contributed by atoms with Gasteiger partial charge in [-0.2, -0.15) is 5.26 Å². The number of halogens is 1. The Kier molecular flexibility index (Phi) is 6.50. The van der Waals surface area contributed by atoms with Gasteiger partial charge in [-0.25, -0.2) is 9.78 Å². The topological polar surface area (TPSA) is 76.1 Å². The summed E-state index contributed by atoms with van der Waals surface area (Å²) < 4.78 is 10.9. The predicted octanol–water partition coefficient (Wildman–Crippen LogP) is 6.96. The van der Waals surface area contributed by atoms with Crippen LogP contribution < -0.4 is 0 Å². The van der Waals surface area contributed by atoms with E-state index < -0.39 is 0 Å². The molecule has 0 saturated carbocycles. The fourth-order valence-electron chi connectivity index (χ4n) is 3.01. The summed E-state index contributed by atoms with van der Waals surface area (Å²) in [5.74, 6) is 0.807. The monoisotopic (exact) mass is 460 g/mol. The number of nitriles is 1. The molecule has 0 fully saturated rings.